The fourth-order valence-corrected chi connectivity index (χ4v) is 2.72. The number of hydrogen-bond donors (Lipinski definition) is 0. The van der Waals surface area contributed by atoms with Crippen LogP contribution in [-0.4, -0.2) is 16.9 Å². The Morgan fingerprint density at radius 3 is 2.46 bits per heavy atom. The summed E-state index contributed by atoms with van der Waals surface area (Å²) in [5.41, 5.74) is 4.67. The maximum Gasteiger partial charge on any atom is 0.0708 e. The van der Waals surface area contributed by atoms with Gasteiger partial charge < -0.3 is 4.90 Å². The van der Waals surface area contributed by atoms with Crippen LogP contribution in [-0.2, 0) is 6.42 Å². The Bertz CT molecular complexity index is 726. The van der Waals surface area contributed by atoms with Gasteiger partial charge in [-0.05, 0) is 47.7 Å². The Kier molecular flexibility index (Phi) is 7.65. The van der Waals surface area contributed by atoms with Crippen molar-refractivity contribution < 1.29 is 0 Å². The van der Waals surface area contributed by atoms with E-state index in [4.69, 9.17) is 4.98 Å². The molecule has 0 aliphatic heterocycles. The molecular weight excluding hydrogens is 316 g/mol. The first-order chi connectivity index (χ1) is 12.5. The number of allylic oxidation sites excluding steroid dienone is 1. The highest BCUT2D eigenvalue weighted by atomic mass is 15.0. The monoisotopic (exact) mass is 348 g/mol. The Balaban J connectivity index is 2.17. The SMILES string of the molecule is CCC(C)/C=C\N(C)C=Cc1ccccc1-c1ccc(CC(C)C)cn1. The molecule has 0 radical (unpaired) electrons. The number of hydrogen-bond acceptors (Lipinski definition) is 2. The van der Waals surface area contributed by atoms with E-state index < -0.39 is 0 Å². The van der Waals surface area contributed by atoms with Gasteiger partial charge in [0.1, 0.15) is 0 Å². The number of pyridine rings is 1. The minimum atomic E-state index is 0.603. The summed E-state index contributed by atoms with van der Waals surface area (Å²) in [6.45, 7) is 8.92. The molecule has 0 saturated heterocycles. The van der Waals surface area contributed by atoms with Crippen molar-refractivity contribution in [2.24, 2.45) is 11.8 Å². The molecule has 1 atom stereocenters. The molecule has 26 heavy (non-hydrogen) atoms. The van der Waals surface area contributed by atoms with Gasteiger partial charge in [-0.2, -0.15) is 0 Å². The van der Waals surface area contributed by atoms with E-state index in [1.807, 2.05) is 6.20 Å². The van der Waals surface area contributed by atoms with E-state index in [2.05, 4.69) is 101 Å². The molecule has 2 nitrogen and oxygen atoms in total. The zero-order valence-electron chi connectivity index (χ0n) is 16.8. The highest BCUT2D eigenvalue weighted by Crippen LogP contribution is 2.23. The molecule has 1 heterocycles. The highest BCUT2D eigenvalue weighted by molar-refractivity contribution is 5.72. The van der Waals surface area contributed by atoms with E-state index in [9.17, 15) is 0 Å². The van der Waals surface area contributed by atoms with Crippen molar-refractivity contribution in [2.75, 3.05) is 7.05 Å². The molecule has 0 aliphatic carbocycles. The predicted octanol–water partition coefficient (Wildman–Crippen LogP) is 6.41. The molecule has 0 fully saturated rings. The summed E-state index contributed by atoms with van der Waals surface area (Å²) in [5.74, 6) is 1.25. The molecule has 0 spiro atoms. The summed E-state index contributed by atoms with van der Waals surface area (Å²) in [7, 11) is 2.07. The first-order valence-electron chi connectivity index (χ1n) is 9.62. The first-order valence-corrected chi connectivity index (χ1v) is 9.62. The summed E-state index contributed by atoms with van der Waals surface area (Å²) in [4.78, 5) is 6.80. The quantitative estimate of drug-likeness (QED) is 0.548. The van der Waals surface area contributed by atoms with Gasteiger partial charge in [-0.15, -0.1) is 0 Å². The fourth-order valence-electron chi connectivity index (χ4n) is 2.72. The number of aromatic nitrogens is 1. The summed E-state index contributed by atoms with van der Waals surface area (Å²) in [6, 6.07) is 12.8. The molecule has 0 N–H and O–H groups in total. The van der Waals surface area contributed by atoms with Crippen molar-refractivity contribution in [3.63, 3.8) is 0 Å². The first kappa shape index (κ1) is 20.0. The number of nitrogens with zero attached hydrogens (tertiary/aromatic N) is 2. The van der Waals surface area contributed by atoms with Crippen molar-refractivity contribution in [3.8, 4) is 11.3 Å². The van der Waals surface area contributed by atoms with Crippen molar-refractivity contribution in [3.05, 3.63) is 72.2 Å². The largest absolute Gasteiger partial charge is 0.358 e. The lowest BCUT2D eigenvalue weighted by Gasteiger charge is -2.11. The van der Waals surface area contributed by atoms with E-state index in [0.29, 0.717) is 11.8 Å². The smallest absolute Gasteiger partial charge is 0.0708 e. The van der Waals surface area contributed by atoms with Crippen molar-refractivity contribution in [1.82, 2.24) is 9.88 Å². The molecule has 1 unspecified atom stereocenters. The lowest BCUT2D eigenvalue weighted by Crippen LogP contribution is -2.01. The van der Waals surface area contributed by atoms with Gasteiger partial charge in [0.15, 0.2) is 0 Å². The third kappa shape index (κ3) is 6.18. The van der Waals surface area contributed by atoms with Crippen LogP contribution in [0.4, 0.5) is 0 Å². The van der Waals surface area contributed by atoms with Crippen LogP contribution >= 0.6 is 0 Å². The average molecular weight is 349 g/mol. The Morgan fingerprint density at radius 1 is 1.04 bits per heavy atom. The van der Waals surface area contributed by atoms with Crippen LogP contribution in [0.5, 0.6) is 0 Å². The zero-order chi connectivity index (χ0) is 18.9. The van der Waals surface area contributed by atoms with Crippen LogP contribution in [0.15, 0.2) is 61.1 Å². The molecule has 0 amide bonds. The zero-order valence-corrected chi connectivity index (χ0v) is 16.8. The molecule has 0 bridgehead atoms. The Morgan fingerprint density at radius 2 is 1.81 bits per heavy atom. The topological polar surface area (TPSA) is 16.1 Å². The maximum atomic E-state index is 4.70. The van der Waals surface area contributed by atoms with Gasteiger partial charge in [0.05, 0.1) is 5.69 Å². The van der Waals surface area contributed by atoms with Gasteiger partial charge in [-0.25, -0.2) is 0 Å². The summed E-state index contributed by atoms with van der Waals surface area (Å²) in [5, 5.41) is 0. The van der Waals surface area contributed by atoms with E-state index >= 15 is 0 Å². The Labute approximate surface area is 159 Å². The van der Waals surface area contributed by atoms with E-state index in [0.717, 1.165) is 18.5 Å². The molecule has 1 aromatic heterocycles. The van der Waals surface area contributed by atoms with Crippen LogP contribution in [0.25, 0.3) is 17.3 Å². The van der Waals surface area contributed by atoms with Crippen molar-refractivity contribution in [1.29, 1.82) is 0 Å². The van der Waals surface area contributed by atoms with E-state index in [1.54, 1.807) is 0 Å². The number of benzene rings is 1. The molecule has 2 aromatic rings. The average Bonchev–Trinajstić information content (AvgIpc) is 2.65. The molecule has 138 valence electrons. The highest BCUT2D eigenvalue weighted by Gasteiger charge is 2.05. The van der Waals surface area contributed by atoms with Crippen LogP contribution in [0, 0.1) is 11.8 Å². The van der Waals surface area contributed by atoms with Crippen molar-refractivity contribution in [2.45, 2.75) is 40.5 Å². The van der Waals surface area contributed by atoms with Crippen LogP contribution < -0.4 is 0 Å². The normalized spacial score (nSPS) is 13.0. The molecule has 1 aromatic carbocycles. The van der Waals surface area contributed by atoms with Gasteiger partial charge in [0, 0.05) is 25.0 Å². The summed E-state index contributed by atoms with van der Waals surface area (Å²) >= 11 is 0. The lowest BCUT2D eigenvalue weighted by molar-refractivity contribution is 0.607. The van der Waals surface area contributed by atoms with Gasteiger partial charge in [-0.3, -0.25) is 4.98 Å². The van der Waals surface area contributed by atoms with Crippen LogP contribution in [0.1, 0.15) is 45.2 Å². The van der Waals surface area contributed by atoms with Crippen molar-refractivity contribution >= 4 is 6.08 Å². The molecular formula is C24H32N2. The minimum absolute atomic E-state index is 0.603. The van der Waals surface area contributed by atoms with Gasteiger partial charge in [-0.1, -0.05) is 70.5 Å². The van der Waals surface area contributed by atoms with Crippen LogP contribution in [0.3, 0.4) is 0 Å². The molecule has 0 aliphatic rings. The van der Waals surface area contributed by atoms with E-state index in [-0.39, 0.29) is 0 Å². The number of rotatable bonds is 8. The van der Waals surface area contributed by atoms with Gasteiger partial charge >= 0.3 is 0 Å². The molecule has 2 rings (SSSR count). The maximum absolute atomic E-state index is 4.70. The lowest BCUT2D eigenvalue weighted by atomic mass is 10.0. The summed E-state index contributed by atoms with van der Waals surface area (Å²) in [6.07, 6.45) is 12.9. The third-order valence-electron chi connectivity index (χ3n) is 4.49. The molecule has 0 saturated carbocycles. The predicted molar refractivity (Wildman–Crippen MR) is 114 cm³/mol. The second-order valence-corrected chi connectivity index (χ2v) is 7.45. The standard InChI is InChI=1S/C24H32N2/c1-6-20(4)13-15-26(5)16-14-22-9-7-8-10-23(22)24-12-11-21(18-25-24)17-19(2)3/h7-16,18-20H,6,17H2,1-5H3/b15-13-,16-14?. The minimum Gasteiger partial charge on any atom is -0.358 e. The van der Waals surface area contributed by atoms with Gasteiger partial charge in [0.2, 0.25) is 0 Å². The van der Waals surface area contributed by atoms with E-state index in [1.165, 1.54) is 16.7 Å². The fraction of sp³-hybridized carbons (Fsp3) is 0.375. The Hall–Kier alpha value is -2.35. The second kappa shape index (κ2) is 9.96. The summed E-state index contributed by atoms with van der Waals surface area (Å²) < 4.78 is 0. The third-order valence-corrected chi connectivity index (χ3v) is 4.49. The molecule has 2 heteroatoms. The second-order valence-electron chi connectivity index (χ2n) is 7.45. The van der Waals surface area contributed by atoms with Crippen LogP contribution in [0.2, 0.25) is 0 Å². The van der Waals surface area contributed by atoms with Gasteiger partial charge in [0.25, 0.3) is 0 Å².